The first-order valence-electron chi connectivity index (χ1n) is 17.9. The molecule has 11 nitrogen and oxygen atoms in total. The number of hydrogen-bond acceptors (Lipinski definition) is 7. The number of nitro groups is 2. The number of nitro benzene ring substituents is 2. The van der Waals surface area contributed by atoms with Crippen molar-refractivity contribution in [2.75, 3.05) is 11.9 Å². The van der Waals surface area contributed by atoms with E-state index < -0.39 is 0 Å². The monoisotopic (exact) mass is 703 g/mol. The molecule has 0 aliphatic heterocycles. The van der Waals surface area contributed by atoms with Gasteiger partial charge in [-0.2, -0.15) is 10.2 Å². The number of non-ortho nitro benzene ring substituents is 2. The van der Waals surface area contributed by atoms with Gasteiger partial charge in [0.25, 0.3) is 11.4 Å². The summed E-state index contributed by atoms with van der Waals surface area (Å²) in [4.78, 5) is 22.7. The van der Waals surface area contributed by atoms with Crippen LogP contribution in [0.5, 0.6) is 0 Å². The zero-order valence-corrected chi connectivity index (χ0v) is 31.5. The van der Waals surface area contributed by atoms with Crippen molar-refractivity contribution in [3.63, 3.8) is 0 Å². The SMILES string of the molecule is Cn1cc(C#CC(C)(C)C)c(-c2cc([N+](=O)[O-])ccc2CCC2CCC(CNc3ccc([N+](=O)[O-])cc3-c3nn(C)cc3C#CC(C)(C)C)CC2)n1. The highest BCUT2D eigenvalue weighted by Crippen LogP contribution is 2.37. The number of aryl methyl sites for hydroxylation is 3. The summed E-state index contributed by atoms with van der Waals surface area (Å²) in [5, 5.41) is 36.4. The van der Waals surface area contributed by atoms with Gasteiger partial charge in [-0.25, -0.2) is 0 Å². The Labute approximate surface area is 306 Å². The lowest BCUT2D eigenvalue weighted by molar-refractivity contribution is -0.385. The van der Waals surface area contributed by atoms with Crippen LogP contribution in [0.15, 0.2) is 48.8 Å². The van der Waals surface area contributed by atoms with E-state index in [1.807, 2.05) is 53.3 Å². The van der Waals surface area contributed by atoms with Crippen molar-refractivity contribution in [1.82, 2.24) is 19.6 Å². The van der Waals surface area contributed by atoms with Crippen LogP contribution in [0.2, 0.25) is 0 Å². The summed E-state index contributed by atoms with van der Waals surface area (Å²) in [6.45, 7) is 13.0. The quantitative estimate of drug-likeness (QED) is 0.0990. The number of hydrogen-bond donors (Lipinski definition) is 1. The number of rotatable bonds is 10. The summed E-state index contributed by atoms with van der Waals surface area (Å²) in [5.74, 6) is 14.1. The zero-order chi connectivity index (χ0) is 37.8. The second kappa shape index (κ2) is 15.4. The largest absolute Gasteiger partial charge is 0.384 e. The van der Waals surface area contributed by atoms with Crippen molar-refractivity contribution >= 4 is 17.1 Å². The third kappa shape index (κ3) is 9.88. The van der Waals surface area contributed by atoms with E-state index in [1.165, 1.54) is 6.07 Å². The predicted molar refractivity (Wildman–Crippen MR) is 206 cm³/mol. The number of nitrogens with one attached hydrogen (secondary N) is 1. The van der Waals surface area contributed by atoms with Gasteiger partial charge in [-0.1, -0.05) is 42.6 Å². The molecule has 52 heavy (non-hydrogen) atoms. The van der Waals surface area contributed by atoms with Gasteiger partial charge in [-0.15, -0.1) is 0 Å². The van der Waals surface area contributed by atoms with E-state index in [0.29, 0.717) is 28.8 Å². The molecular formula is C41H49N7O4. The fourth-order valence-electron chi connectivity index (χ4n) is 6.52. The van der Waals surface area contributed by atoms with Crippen molar-refractivity contribution in [2.45, 2.75) is 80.1 Å². The highest BCUT2D eigenvalue weighted by Gasteiger charge is 2.24. The topological polar surface area (TPSA) is 134 Å². The first-order chi connectivity index (χ1) is 24.5. The molecule has 4 aromatic rings. The van der Waals surface area contributed by atoms with Gasteiger partial charge < -0.3 is 5.32 Å². The molecule has 1 saturated carbocycles. The van der Waals surface area contributed by atoms with Crippen LogP contribution in [0.25, 0.3) is 22.5 Å². The highest BCUT2D eigenvalue weighted by atomic mass is 16.6. The summed E-state index contributed by atoms with van der Waals surface area (Å²) < 4.78 is 3.41. The van der Waals surface area contributed by atoms with Crippen LogP contribution in [-0.4, -0.2) is 36.0 Å². The number of aromatic nitrogens is 4. The van der Waals surface area contributed by atoms with Crippen molar-refractivity contribution in [1.29, 1.82) is 0 Å². The van der Waals surface area contributed by atoms with Crippen LogP contribution in [0.4, 0.5) is 17.1 Å². The summed E-state index contributed by atoms with van der Waals surface area (Å²) in [5.41, 5.74) is 5.73. The van der Waals surface area contributed by atoms with Gasteiger partial charge in [0.05, 0.1) is 21.0 Å². The number of benzene rings is 2. The molecule has 11 heteroatoms. The van der Waals surface area contributed by atoms with Crippen LogP contribution < -0.4 is 5.32 Å². The van der Waals surface area contributed by atoms with Crippen molar-refractivity contribution in [3.05, 3.63) is 85.7 Å². The average molecular weight is 704 g/mol. The third-order valence-electron chi connectivity index (χ3n) is 9.20. The molecule has 1 N–H and O–H groups in total. The predicted octanol–water partition coefficient (Wildman–Crippen LogP) is 8.95. The number of anilines is 1. The van der Waals surface area contributed by atoms with Crippen molar-refractivity contribution < 1.29 is 9.85 Å². The third-order valence-corrected chi connectivity index (χ3v) is 9.20. The molecule has 2 heterocycles. The number of nitrogens with zero attached hydrogens (tertiary/aromatic N) is 6. The average Bonchev–Trinajstić information content (AvgIpc) is 3.65. The lowest BCUT2D eigenvalue weighted by Gasteiger charge is -2.29. The molecule has 2 aromatic carbocycles. The summed E-state index contributed by atoms with van der Waals surface area (Å²) in [6, 6.07) is 9.99. The molecule has 0 bridgehead atoms. The highest BCUT2D eigenvalue weighted by molar-refractivity contribution is 5.81. The lowest BCUT2D eigenvalue weighted by atomic mass is 9.79. The minimum Gasteiger partial charge on any atom is -0.384 e. The van der Waals surface area contributed by atoms with E-state index in [1.54, 1.807) is 33.6 Å². The maximum Gasteiger partial charge on any atom is 0.270 e. The first-order valence-corrected chi connectivity index (χ1v) is 17.9. The summed E-state index contributed by atoms with van der Waals surface area (Å²) >= 11 is 0. The maximum atomic E-state index is 11.7. The van der Waals surface area contributed by atoms with E-state index >= 15 is 0 Å². The van der Waals surface area contributed by atoms with Gasteiger partial charge >= 0.3 is 0 Å². The molecule has 272 valence electrons. The summed E-state index contributed by atoms with van der Waals surface area (Å²) in [7, 11) is 3.67. The minimum absolute atomic E-state index is 0.00901. The van der Waals surface area contributed by atoms with Gasteiger partial charge in [-0.3, -0.25) is 29.6 Å². The van der Waals surface area contributed by atoms with Crippen LogP contribution >= 0.6 is 0 Å². The molecule has 0 unspecified atom stereocenters. The van der Waals surface area contributed by atoms with E-state index in [9.17, 15) is 20.2 Å². The molecule has 0 atom stereocenters. The van der Waals surface area contributed by atoms with Crippen molar-refractivity contribution in [2.24, 2.45) is 36.8 Å². The Morgan fingerprint density at radius 2 is 1.23 bits per heavy atom. The zero-order valence-electron chi connectivity index (χ0n) is 31.5. The second-order valence-electron chi connectivity index (χ2n) is 16.0. The van der Waals surface area contributed by atoms with Crippen LogP contribution in [0, 0.1) is 66.6 Å². The Morgan fingerprint density at radius 3 is 1.75 bits per heavy atom. The van der Waals surface area contributed by atoms with Crippen molar-refractivity contribution in [3.8, 4) is 46.2 Å². The molecule has 1 aliphatic rings. The van der Waals surface area contributed by atoms with Gasteiger partial charge in [0.2, 0.25) is 0 Å². The Balaban J connectivity index is 1.27. The van der Waals surface area contributed by atoms with E-state index in [0.717, 1.165) is 73.0 Å². The fourth-order valence-corrected chi connectivity index (χ4v) is 6.52. The maximum absolute atomic E-state index is 11.7. The Morgan fingerprint density at radius 1 is 0.750 bits per heavy atom. The van der Waals surface area contributed by atoms with Gasteiger partial charge in [-0.05, 0) is 90.7 Å². The molecule has 0 amide bonds. The molecule has 0 spiro atoms. The fraction of sp³-hybridized carbons (Fsp3) is 0.463. The van der Waals surface area contributed by atoms with Crippen LogP contribution in [0.3, 0.4) is 0 Å². The Kier molecular flexibility index (Phi) is 11.2. The molecule has 1 aliphatic carbocycles. The van der Waals surface area contributed by atoms with Crippen LogP contribution in [0.1, 0.15) is 90.3 Å². The van der Waals surface area contributed by atoms with E-state index in [4.69, 9.17) is 5.10 Å². The Hall–Kier alpha value is -5.42. The van der Waals surface area contributed by atoms with E-state index in [-0.39, 0.29) is 32.1 Å². The van der Waals surface area contributed by atoms with Gasteiger partial charge in [0.15, 0.2) is 0 Å². The lowest BCUT2D eigenvalue weighted by Crippen LogP contribution is -2.22. The summed E-state index contributed by atoms with van der Waals surface area (Å²) in [6.07, 6.45) is 9.79. The van der Waals surface area contributed by atoms with Crippen LogP contribution in [-0.2, 0) is 20.5 Å². The molecule has 5 rings (SSSR count). The van der Waals surface area contributed by atoms with Gasteiger partial charge in [0, 0.05) is 84.9 Å². The molecule has 2 aromatic heterocycles. The molecule has 1 fully saturated rings. The second-order valence-corrected chi connectivity index (χ2v) is 16.0. The normalized spacial score (nSPS) is 16.0. The minimum atomic E-state index is -0.381. The van der Waals surface area contributed by atoms with E-state index in [2.05, 4.69) is 54.9 Å². The molecule has 0 saturated heterocycles. The molecule has 0 radical (unpaired) electrons. The Bertz CT molecular complexity index is 1930. The smallest absolute Gasteiger partial charge is 0.270 e. The first kappa shape index (κ1) is 37.8. The van der Waals surface area contributed by atoms with Gasteiger partial charge in [0.1, 0.15) is 11.4 Å². The molecular weight excluding hydrogens is 654 g/mol. The standard InChI is InChI=1S/C41H49N7O4/c1-40(2,3)21-19-31-26-45(7)43-38(31)35-23-33(47(49)50)16-15-30(35)14-13-28-9-11-29(12-10-28)25-42-37-18-17-34(48(51)52)24-36(37)39-32(27-46(8)44-39)20-22-41(4,5)6/h15-18,23-24,26-29,42H,9-14,25H2,1-8H3.